The van der Waals surface area contributed by atoms with Crippen LogP contribution in [0.2, 0.25) is 0 Å². The van der Waals surface area contributed by atoms with Gasteiger partial charge in [0.05, 0.1) is 13.0 Å². The lowest BCUT2D eigenvalue weighted by Gasteiger charge is -2.32. The Balaban J connectivity index is 1.83. The lowest BCUT2D eigenvalue weighted by molar-refractivity contribution is -0.133. The summed E-state index contributed by atoms with van der Waals surface area (Å²) in [4.78, 5) is 17.8. The molecule has 1 amide bonds. The highest BCUT2D eigenvalue weighted by molar-refractivity contribution is 5.76. The monoisotopic (exact) mass is 248 g/mol. The van der Waals surface area contributed by atoms with Gasteiger partial charge < -0.3 is 9.64 Å². The highest BCUT2D eigenvalue weighted by Gasteiger charge is 2.23. The van der Waals surface area contributed by atoms with Crippen molar-refractivity contribution in [3.8, 4) is 0 Å². The smallest absolute Gasteiger partial charge is 0.224 e. The lowest BCUT2D eigenvalue weighted by Crippen LogP contribution is -2.38. The van der Waals surface area contributed by atoms with Gasteiger partial charge in [0, 0.05) is 32.6 Å². The fraction of sp³-hybridized carbons (Fsp3) is 0.571. The zero-order valence-electron chi connectivity index (χ0n) is 10.8. The maximum Gasteiger partial charge on any atom is 0.224 e. The number of pyridine rings is 1. The Kier molecular flexibility index (Phi) is 4.70. The van der Waals surface area contributed by atoms with Gasteiger partial charge in [-0.05, 0) is 36.5 Å². The molecule has 0 spiro atoms. The molecule has 0 N–H and O–H groups in total. The first kappa shape index (κ1) is 13.0. The number of ether oxygens (including phenoxy) is 1. The summed E-state index contributed by atoms with van der Waals surface area (Å²) in [5.41, 5.74) is 1.34. The minimum Gasteiger partial charge on any atom is -0.384 e. The van der Waals surface area contributed by atoms with Crippen molar-refractivity contribution in [1.29, 1.82) is 0 Å². The van der Waals surface area contributed by atoms with Crippen molar-refractivity contribution in [2.75, 3.05) is 26.8 Å². The van der Waals surface area contributed by atoms with Gasteiger partial charge in [0.2, 0.25) is 5.91 Å². The van der Waals surface area contributed by atoms with E-state index in [1.54, 1.807) is 7.11 Å². The van der Waals surface area contributed by atoms with Crippen molar-refractivity contribution in [2.45, 2.75) is 25.2 Å². The van der Waals surface area contributed by atoms with Crippen molar-refractivity contribution in [3.63, 3.8) is 0 Å². The van der Waals surface area contributed by atoms with Crippen molar-refractivity contribution in [3.05, 3.63) is 30.1 Å². The van der Waals surface area contributed by atoms with E-state index < -0.39 is 0 Å². The van der Waals surface area contributed by atoms with Gasteiger partial charge >= 0.3 is 0 Å². The van der Waals surface area contributed by atoms with Crippen LogP contribution in [0.15, 0.2) is 24.5 Å². The average molecular weight is 248 g/mol. The summed E-state index contributed by atoms with van der Waals surface area (Å²) in [6, 6.07) is 4.15. The Morgan fingerprint density at radius 1 is 1.39 bits per heavy atom. The first-order valence-corrected chi connectivity index (χ1v) is 6.48. The largest absolute Gasteiger partial charge is 0.384 e. The average Bonchev–Trinajstić information content (AvgIpc) is 2.46. The number of hydrogen-bond acceptors (Lipinski definition) is 3. The topological polar surface area (TPSA) is 42.4 Å². The maximum absolute atomic E-state index is 11.8. The van der Waals surface area contributed by atoms with Crippen LogP contribution in [0, 0.1) is 0 Å². The van der Waals surface area contributed by atoms with Crippen molar-refractivity contribution < 1.29 is 9.53 Å². The number of methoxy groups -OCH3 is 1. The Hall–Kier alpha value is -1.42. The summed E-state index contributed by atoms with van der Waals surface area (Å²) in [7, 11) is 1.63. The summed E-state index contributed by atoms with van der Waals surface area (Å²) in [5.74, 6) is 0.782. The summed E-state index contributed by atoms with van der Waals surface area (Å²) in [6.45, 7) is 2.23. The summed E-state index contributed by atoms with van der Waals surface area (Å²) < 4.78 is 4.94. The van der Waals surface area contributed by atoms with Crippen molar-refractivity contribution in [1.82, 2.24) is 9.88 Å². The number of amides is 1. The number of carbonyl (C=O) groups is 1. The molecular weight excluding hydrogens is 228 g/mol. The standard InChI is InChI=1S/C14H20N2O2/c1-18-11-6-14(17)16-9-4-13(5-10-16)12-2-7-15-8-3-12/h2-3,7-8,13H,4-6,9-11H2,1H3. The van der Waals surface area contributed by atoms with E-state index in [-0.39, 0.29) is 5.91 Å². The van der Waals surface area contributed by atoms with E-state index >= 15 is 0 Å². The van der Waals surface area contributed by atoms with E-state index in [9.17, 15) is 4.79 Å². The minimum atomic E-state index is 0.213. The normalized spacial score (nSPS) is 16.8. The van der Waals surface area contributed by atoms with Gasteiger partial charge in [0.25, 0.3) is 0 Å². The molecule has 1 saturated heterocycles. The van der Waals surface area contributed by atoms with E-state index in [2.05, 4.69) is 17.1 Å². The van der Waals surface area contributed by atoms with E-state index in [1.807, 2.05) is 17.3 Å². The molecule has 2 heterocycles. The highest BCUT2D eigenvalue weighted by Crippen LogP contribution is 2.27. The molecule has 1 aromatic heterocycles. The Morgan fingerprint density at radius 3 is 2.67 bits per heavy atom. The molecule has 18 heavy (non-hydrogen) atoms. The van der Waals surface area contributed by atoms with E-state index in [1.165, 1.54) is 5.56 Å². The third-order valence-corrected chi connectivity index (χ3v) is 3.55. The Bertz CT molecular complexity index is 373. The van der Waals surface area contributed by atoms with Crippen LogP contribution in [0.4, 0.5) is 0 Å². The predicted octanol–water partition coefficient (Wildman–Crippen LogP) is 1.82. The number of rotatable bonds is 4. The molecule has 1 fully saturated rings. The summed E-state index contributed by atoms with van der Waals surface area (Å²) in [6.07, 6.45) is 6.26. The van der Waals surface area contributed by atoms with Crippen molar-refractivity contribution in [2.24, 2.45) is 0 Å². The number of hydrogen-bond donors (Lipinski definition) is 0. The molecule has 0 aromatic carbocycles. The second kappa shape index (κ2) is 6.50. The molecule has 0 bridgehead atoms. The van der Waals surface area contributed by atoms with Gasteiger partial charge in [0.15, 0.2) is 0 Å². The van der Waals surface area contributed by atoms with Crippen LogP contribution in [0.3, 0.4) is 0 Å². The molecule has 4 nitrogen and oxygen atoms in total. The quantitative estimate of drug-likeness (QED) is 0.816. The van der Waals surface area contributed by atoms with Crippen LogP contribution in [0.1, 0.15) is 30.7 Å². The molecule has 0 aliphatic carbocycles. The highest BCUT2D eigenvalue weighted by atomic mass is 16.5. The molecule has 0 saturated carbocycles. The SMILES string of the molecule is COCCC(=O)N1CCC(c2ccncc2)CC1. The van der Waals surface area contributed by atoms with E-state index in [4.69, 9.17) is 4.74 Å². The van der Waals surface area contributed by atoms with E-state index in [0.717, 1.165) is 25.9 Å². The molecule has 1 aromatic rings. The number of likely N-dealkylation sites (tertiary alicyclic amines) is 1. The number of aromatic nitrogens is 1. The second-order valence-electron chi connectivity index (χ2n) is 4.68. The second-order valence-corrected chi connectivity index (χ2v) is 4.68. The van der Waals surface area contributed by atoms with Crippen molar-refractivity contribution >= 4 is 5.91 Å². The van der Waals surface area contributed by atoms with Gasteiger partial charge in [0.1, 0.15) is 0 Å². The summed E-state index contributed by atoms with van der Waals surface area (Å²) in [5, 5.41) is 0. The zero-order valence-corrected chi connectivity index (χ0v) is 10.8. The minimum absolute atomic E-state index is 0.213. The lowest BCUT2D eigenvalue weighted by atomic mass is 9.90. The number of nitrogens with zero attached hydrogens (tertiary/aromatic N) is 2. The first-order valence-electron chi connectivity index (χ1n) is 6.48. The van der Waals surface area contributed by atoms with Crippen LogP contribution in [-0.4, -0.2) is 42.6 Å². The fourth-order valence-electron chi connectivity index (χ4n) is 2.45. The molecule has 2 rings (SSSR count). The maximum atomic E-state index is 11.8. The molecule has 0 unspecified atom stereocenters. The van der Waals surface area contributed by atoms with Gasteiger partial charge in [-0.2, -0.15) is 0 Å². The molecule has 4 heteroatoms. The van der Waals surface area contributed by atoms with Crippen LogP contribution in [0.25, 0.3) is 0 Å². The zero-order chi connectivity index (χ0) is 12.8. The summed E-state index contributed by atoms with van der Waals surface area (Å²) >= 11 is 0. The molecular formula is C14H20N2O2. The predicted molar refractivity (Wildman–Crippen MR) is 69.3 cm³/mol. The van der Waals surface area contributed by atoms with Crippen LogP contribution in [-0.2, 0) is 9.53 Å². The van der Waals surface area contributed by atoms with Gasteiger partial charge in [-0.1, -0.05) is 0 Å². The Labute approximate surface area is 108 Å². The van der Waals surface area contributed by atoms with Gasteiger partial charge in [-0.15, -0.1) is 0 Å². The van der Waals surface area contributed by atoms with Crippen LogP contribution in [0.5, 0.6) is 0 Å². The Morgan fingerprint density at radius 2 is 2.06 bits per heavy atom. The molecule has 0 atom stereocenters. The number of piperidine rings is 1. The van der Waals surface area contributed by atoms with Gasteiger partial charge in [-0.3, -0.25) is 9.78 Å². The van der Waals surface area contributed by atoms with Crippen LogP contribution >= 0.6 is 0 Å². The molecule has 0 radical (unpaired) electrons. The van der Waals surface area contributed by atoms with E-state index in [0.29, 0.717) is 18.9 Å². The van der Waals surface area contributed by atoms with Gasteiger partial charge in [-0.25, -0.2) is 0 Å². The van der Waals surface area contributed by atoms with Crippen LogP contribution < -0.4 is 0 Å². The first-order chi connectivity index (χ1) is 8.81. The molecule has 1 aliphatic heterocycles. The fourth-order valence-corrected chi connectivity index (χ4v) is 2.45. The third-order valence-electron chi connectivity index (χ3n) is 3.55. The third kappa shape index (κ3) is 3.29. The number of carbonyl (C=O) groups excluding carboxylic acids is 1. The molecule has 1 aliphatic rings. The molecule has 98 valence electrons.